The van der Waals surface area contributed by atoms with Crippen LogP contribution in [-0.2, 0) is 11.3 Å². The van der Waals surface area contributed by atoms with Crippen LogP contribution in [0, 0.1) is 6.92 Å². The van der Waals surface area contributed by atoms with E-state index in [0.717, 1.165) is 0 Å². The second kappa shape index (κ2) is 8.02. The molecule has 0 fully saturated rings. The summed E-state index contributed by atoms with van der Waals surface area (Å²) >= 11 is 1.37. The minimum Gasteiger partial charge on any atom is -0.360 e. The minimum absolute atomic E-state index is 0.117. The summed E-state index contributed by atoms with van der Waals surface area (Å²) in [6.45, 7) is 1.61. The fourth-order valence-electron chi connectivity index (χ4n) is 2.46. The third kappa shape index (κ3) is 4.52. The topological polar surface area (TPSA) is 128 Å². The Morgan fingerprint density at radius 2 is 2.00 bits per heavy atom. The van der Waals surface area contributed by atoms with E-state index in [0.29, 0.717) is 33.5 Å². The van der Waals surface area contributed by atoms with E-state index in [2.05, 4.69) is 31.2 Å². The zero-order valence-corrected chi connectivity index (χ0v) is 16.0. The molecule has 0 spiro atoms. The Bertz CT molecular complexity index is 1130. The molecule has 0 saturated heterocycles. The molecule has 146 valence electrons. The van der Waals surface area contributed by atoms with Crippen LogP contribution in [0.5, 0.6) is 0 Å². The third-order valence-electron chi connectivity index (χ3n) is 3.78. The maximum atomic E-state index is 12.1. The molecule has 1 aromatic carbocycles. The molecule has 0 radical (unpaired) electrons. The number of carbonyl (C=O) groups excluding carboxylic acids is 2. The number of thiophene rings is 1. The van der Waals surface area contributed by atoms with Crippen LogP contribution in [0.15, 0.2) is 52.4 Å². The monoisotopic (exact) mass is 409 g/mol. The first kappa shape index (κ1) is 18.5. The summed E-state index contributed by atoms with van der Waals surface area (Å²) in [5, 5.41) is 23.0. The second-order valence-electron chi connectivity index (χ2n) is 6.02. The SMILES string of the molecule is Cc1cc(NC(=O)Cn2nnc(-c3ccc(NC(=O)c4cccs4)cc3)n2)no1. The van der Waals surface area contributed by atoms with Gasteiger partial charge in [-0.05, 0) is 47.8 Å². The van der Waals surface area contributed by atoms with Crippen molar-refractivity contribution >= 4 is 34.7 Å². The van der Waals surface area contributed by atoms with Gasteiger partial charge in [-0.25, -0.2) is 0 Å². The molecule has 0 unspecified atom stereocenters. The molecule has 0 aliphatic carbocycles. The molecule has 4 rings (SSSR count). The van der Waals surface area contributed by atoms with Gasteiger partial charge in [-0.2, -0.15) is 4.80 Å². The van der Waals surface area contributed by atoms with Gasteiger partial charge < -0.3 is 15.2 Å². The molecule has 2 N–H and O–H groups in total. The predicted molar refractivity (Wildman–Crippen MR) is 105 cm³/mol. The summed E-state index contributed by atoms with van der Waals surface area (Å²) in [7, 11) is 0. The summed E-state index contributed by atoms with van der Waals surface area (Å²) in [6.07, 6.45) is 0. The normalized spacial score (nSPS) is 10.7. The summed E-state index contributed by atoms with van der Waals surface area (Å²) < 4.78 is 4.89. The van der Waals surface area contributed by atoms with Crippen molar-refractivity contribution in [3.05, 3.63) is 58.5 Å². The molecule has 3 heterocycles. The zero-order chi connectivity index (χ0) is 20.2. The van der Waals surface area contributed by atoms with Crippen molar-refractivity contribution < 1.29 is 14.1 Å². The standard InChI is InChI=1S/C18H15N7O3S/c1-11-9-15(23-28-11)20-16(26)10-25-22-17(21-24-25)12-4-6-13(7-5-12)19-18(27)14-3-2-8-29-14/h2-9H,10H2,1H3,(H,19,27)(H,20,23,26). The van der Waals surface area contributed by atoms with Crippen molar-refractivity contribution in [1.82, 2.24) is 25.4 Å². The van der Waals surface area contributed by atoms with E-state index in [9.17, 15) is 9.59 Å². The highest BCUT2D eigenvalue weighted by molar-refractivity contribution is 7.12. The van der Waals surface area contributed by atoms with Crippen LogP contribution in [0.2, 0.25) is 0 Å². The zero-order valence-electron chi connectivity index (χ0n) is 15.2. The average Bonchev–Trinajstić information content (AvgIpc) is 3.45. The van der Waals surface area contributed by atoms with E-state index >= 15 is 0 Å². The smallest absolute Gasteiger partial charge is 0.265 e. The maximum absolute atomic E-state index is 12.1. The minimum atomic E-state index is -0.353. The molecule has 10 nitrogen and oxygen atoms in total. The van der Waals surface area contributed by atoms with E-state index in [-0.39, 0.29) is 18.4 Å². The van der Waals surface area contributed by atoms with Gasteiger partial charge in [0.15, 0.2) is 5.82 Å². The molecule has 11 heteroatoms. The van der Waals surface area contributed by atoms with Crippen LogP contribution >= 0.6 is 11.3 Å². The Kier molecular flexibility index (Phi) is 5.12. The van der Waals surface area contributed by atoms with Gasteiger partial charge >= 0.3 is 0 Å². The second-order valence-corrected chi connectivity index (χ2v) is 6.97. The fourth-order valence-corrected chi connectivity index (χ4v) is 3.08. The number of hydrogen-bond donors (Lipinski definition) is 2. The van der Waals surface area contributed by atoms with Crippen molar-refractivity contribution in [3.63, 3.8) is 0 Å². The van der Waals surface area contributed by atoms with E-state index in [4.69, 9.17) is 4.52 Å². The van der Waals surface area contributed by atoms with Gasteiger partial charge in [0, 0.05) is 17.3 Å². The molecule has 4 aromatic rings. The number of carbonyl (C=O) groups is 2. The predicted octanol–water partition coefficient (Wildman–Crippen LogP) is 2.59. The van der Waals surface area contributed by atoms with E-state index < -0.39 is 0 Å². The maximum Gasteiger partial charge on any atom is 0.265 e. The van der Waals surface area contributed by atoms with Crippen LogP contribution in [-0.4, -0.2) is 37.2 Å². The van der Waals surface area contributed by atoms with Crippen molar-refractivity contribution in [2.24, 2.45) is 0 Å². The number of hydrogen-bond acceptors (Lipinski definition) is 8. The third-order valence-corrected chi connectivity index (χ3v) is 4.65. The first-order valence-corrected chi connectivity index (χ1v) is 9.41. The Morgan fingerprint density at radius 1 is 1.17 bits per heavy atom. The molecule has 0 atom stereocenters. The number of anilines is 2. The van der Waals surface area contributed by atoms with Gasteiger partial charge in [0.1, 0.15) is 12.3 Å². The fraction of sp³-hybridized carbons (Fsp3) is 0.111. The Labute approximate surface area is 168 Å². The number of aromatic nitrogens is 5. The Morgan fingerprint density at radius 3 is 2.69 bits per heavy atom. The average molecular weight is 409 g/mol. The highest BCUT2D eigenvalue weighted by Crippen LogP contribution is 2.18. The summed E-state index contributed by atoms with van der Waals surface area (Å²) in [5.41, 5.74) is 1.36. The van der Waals surface area contributed by atoms with Gasteiger partial charge in [0.2, 0.25) is 11.7 Å². The largest absolute Gasteiger partial charge is 0.360 e. The van der Waals surface area contributed by atoms with Gasteiger partial charge in [0.25, 0.3) is 5.91 Å². The molecule has 3 aromatic heterocycles. The lowest BCUT2D eigenvalue weighted by Crippen LogP contribution is -2.20. The molecule has 0 bridgehead atoms. The number of amides is 2. The van der Waals surface area contributed by atoms with Gasteiger partial charge in [-0.3, -0.25) is 9.59 Å². The van der Waals surface area contributed by atoms with Crippen LogP contribution in [0.1, 0.15) is 15.4 Å². The van der Waals surface area contributed by atoms with Crippen LogP contribution in [0.3, 0.4) is 0 Å². The highest BCUT2D eigenvalue weighted by atomic mass is 32.1. The highest BCUT2D eigenvalue weighted by Gasteiger charge is 2.12. The number of tetrazole rings is 1. The number of benzene rings is 1. The Hall–Kier alpha value is -3.86. The van der Waals surface area contributed by atoms with Gasteiger partial charge in [-0.1, -0.05) is 11.2 Å². The first-order chi connectivity index (χ1) is 14.1. The molecule has 0 aliphatic heterocycles. The number of aryl methyl sites for hydroxylation is 1. The van der Waals surface area contributed by atoms with E-state index in [1.807, 2.05) is 11.4 Å². The summed E-state index contributed by atoms with van der Waals surface area (Å²) in [6, 6.07) is 12.2. The van der Waals surface area contributed by atoms with E-state index in [1.165, 1.54) is 16.1 Å². The summed E-state index contributed by atoms with van der Waals surface area (Å²) in [5.74, 6) is 0.773. The van der Waals surface area contributed by atoms with Crippen molar-refractivity contribution in [3.8, 4) is 11.4 Å². The van der Waals surface area contributed by atoms with Crippen molar-refractivity contribution in [2.45, 2.75) is 13.5 Å². The summed E-state index contributed by atoms with van der Waals surface area (Å²) in [4.78, 5) is 25.9. The lowest BCUT2D eigenvalue weighted by molar-refractivity contribution is -0.117. The van der Waals surface area contributed by atoms with Crippen molar-refractivity contribution in [1.29, 1.82) is 0 Å². The molecular weight excluding hydrogens is 394 g/mol. The van der Waals surface area contributed by atoms with Crippen LogP contribution in [0.4, 0.5) is 11.5 Å². The van der Waals surface area contributed by atoms with Gasteiger partial charge in [-0.15, -0.1) is 21.5 Å². The van der Waals surface area contributed by atoms with Gasteiger partial charge in [0.05, 0.1) is 4.88 Å². The molecule has 0 aliphatic rings. The molecule has 29 heavy (non-hydrogen) atoms. The van der Waals surface area contributed by atoms with Crippen LogP contribution < -0.4 is 10.6 Å². The quantitative estimate of drug-likeness (QED) is 0.501. The molecule has 2 amide bonds. The first-order valence-electron chi connectivity index (χ1n) is 8.53. The lowest BCUT2D eigenvalue weighted by Gasteiger charge is -2.04. The number of nitrogens with zero attached hydrogens (tertiary/aromatic N) is 5. The lowest BCUT2D eigenvalue weighted by atomic mass is 10.2. The number of rotatable bonds is 6. The Balaban J connectivity index is 1.37. The molecule has 0 saturated carbocycles. The van der Waals surface area contributed by atoms with E-state index in [1.54, 1.807) is 43.3 Å². The molecular formula is C18H15N7O3S. The van der Waals surface area contributed by atoms with Crippen molar-refractivity contribution in [2.75, 3.05) is 10.6 Å². The van der Waals surface area contributed by atoms with Crippen LogP contribution in [0.25, 0.3) is 11.4 Å². The number of nitrogens with one attached hydrogen (secondary N) is 2.